The SMILES string of the molecule is C[C@H]1Cc2cc(S(=O)(=O)N(C3CC3)C3COC3)ccc2O1. The van der Waals surface area contributed by atoms with Crippen molar-refractivity contribution >= 4 is 10.0 Å². The van der Waals surface area contributed by atoms with Gasteiger partial charge in [0.05, 0.1) is 24.2 Å². The van der Waals surface area contributed by atoms with Crippen LogP contribution in [0.3, 0.4) is 0 Å². The smallest absolute Gasteiger partial charge is 0.243 e. The number of hydrogen-bond acceptors (Lipinski definition) is 4. The molecule has 2 heterocycles. The van der Waals surface area contributed by atoms with Gasteiger partial charge >= 0.3 is 0 Å². The van der Waals surface area contributed by atoms with Crippen LogP contribution in [0.2, 0.25) is 0 Å². The first-order chi connectivity index (χ1) is 10.1. The van der Waals surface area contributed by atoms with Crippen LogP contribution in [0.4, 0.5) is 0 Å². The molecule has 1 saturated heterocycles. The maximum atomic E-state index is 13.0. The van der Waals surface area contributed by atoms with Crippen LogP contribution in [0.25, 0.3) is 0 Å². The van der Waals surface area contributed by atoms with Crippen molar-refractivity contribution in [1.29, 1.82) is 0 Å². The fraction of sp³-hybridized carbons (Fsp3) is 0.600. The maximum absolute atomic E-state index is 13.0. The summed E-state index contributed by atoms with van der Waals surface area (Å²) in [4.78, 5) is 0.387. The lowest BCUT2D eigenvalue weighted by Gasteiger charge is -2.36. The molecule has 0 radical (unpaired) electrons. The topological polar surface area (TPSA) is 55.8 Å². The molecule has 4 rings (SSSR count). The first-order valence-electron chi connectivity index (χ1n) is 7.46. The summed E-state index contributed by atoms with van der Waals surface area (Å²) in [5.41, 5.74) is 0.990. The van der Waals surface area contributed by atoms with Crippen LogP contribution in [0.15, 0.2) is 23.1 Å². The molecule has 114 valence electrons. The molecule has 5 nitrogen and oxygen atoms in total. The van der Waals surface area contributed by atoms with Crippen molar-refractivity contribution in [3.63, 3.8) is 0 Å². The lowest BCUT2D eigenvalue weighted by atomic mass is 10.1. The van der Waals surface area contributed by atoms with E-state index in [1.54, 1.807) is 22.5 Å². The number of ether oxygens (including phenoxy) is 2. The van der Waals surface area contributed by atoms with Gasteiger partial charge in [0.1, 0.15) is 11.9 Å². The fourth-order valence-corrected chi connectivity index (χ4v) is 4.96. The van der Waals surface area contributed by atoms with Crippen molar-refractivity contribution in [2.24, 2.45) is 0 Å². The molecule has 1 aromatic rings. The number of nitrogens with zero attached hydrogens (tertiary/aromatic N) is 1. The van der Waals surface area contributed by atoms with Gasteiger partial charge in [0.15, 0.2) is 0 Å². The second-order valence-electron chi connectivity index (χ2n) is 6.16. The van der Waals surface area contributed by atoms with Gasteiger partial charge in [-0.3, -0.25) is 0 Å². The Balaban J connectivity index is 1.69. The fourth-order valence-electron chi connectivity index (χ4n) is 3.07. The van der Waals surface area contributed by atoms with Crippen molar-refractivity contribution in [3.8, 4) is 5.75 Å². The third-order valence-electron chi connectivity index (χ3n) is 4.33. The average molecular weight is 309 g/mol. The van der Waals surface area contributed by atoms with Gasteiger partial charge in [-0.25, -0.2) is 8.42 Å². The molecule has 1 aromatic carbocycles. The minimum Gasteiger partial charge on any atom is -0.490 e. The molecule has 0 bridgehead atoms. The predicted molar refractivity (Wildman–Crippen MR) is 76.9 cm³/mol. The molecule has 3 aliphatic rings. The number of benzene rings is 1. The first-order valence-corrected chi connectivity index (χ1v) is 8.90. The number of sulfonamides is 1. The Morgan fingerprint density at radius 2 is 1.95 bits per heavy atom. The van der Waals surface area contributed by atoms with E-state index in [4.69, 9.17) is 9.47 Å². The molecule has 2 fully saturated rings. The van der Waals surface area contributed by atoms with E-state index < -0.39 is 10.0 Å². The summed E-state index contributed by atoms with van der Waals surface area (Å²) in [5.74, 6) is 0.811. The lowest BCUT2D eigenvalue weighted by Crippen LogP contribution is -2.52. The third-order valence-corrected chi connectivity index (χ3v) is 6.33. The Kier molecular flexibility index (Phi) is 3.03. The minimum absolute atomic E-state index is 0.00549. The Bertz CT molecular complexity index is 664. The summed E-state index contributed by atoms with van der Waals surface area (Å²) in [7, 11) is -3.44. The summed E-state index contributed by atoms with van der Waals surface area (Å²) >= 11 is 0. The van der Waals surface area contributed by atoms with Crippen LogP contribution in [-0.2, 0) is 21.2 Å². The largest absolute Gasteiger partial charge is 0.490 e. The highest BCUT2D eigenvalue weighted by atomic mass is 32.2. The van der Waals surface area contributed by atoms with Crippen molar-refractivity contribution in [2.45, 2.75) is 49.3 Å². The zero-order valence-corrected chi connectivity index (χ0v) is 12.8. The van der Waals surface area contributed by atoms with E-state index in [0.717, 1.165) is 30.6 Å². The Morgan fingerprint density at radius 3 is 2.57 bits per heavy atom. The van der Waals surface area contributed by atoms with Crippen LogP contribution in [-0.4, -0.2) is 44.1 Å². The summed E-state index contributed by atoms with van der Waals surface area (Å²) in [6, 6.07) is 5.40. The zero-order chi connectivity index (χ0) is 14.6. The summed E-state index contributed by atoms with van der Waals surface area (Å²) < 4.78 is 38.4. The number of rotatable bonds is 4. The molecule has 1 atom stereocenters. The summed E-state index contributed by atoms with van der Waals surface area (Å²) in [6.07, 6.45) is 2.81. The molecule has 0 aromatic heterocycles. The van der Waals surface area contributed by atoms with E-state index >= 15 is 0 Å². The van der Waals surface area contributed by atoms with Crippen LogP contribution >= 0.6 is 0 Å². The van der Waals surface area contributed by atoms with E-state index in [1.807, 2.05) is 6.92 Å². The van der Waals surface area contributed by atoms with E-state index in [9.17, 15) is 8.42 Å². The molecular formula is C15H19NO4S. The normalized spacial score (nSPS) is 25.5. The van der Waals surface area contributed by atoms with Gasteiger partial charge in [0.25, 0.3) is 0 Å². The quantitative estimate of drug-likeness (QED) is 0.847. The van der Waals surface area contributed by atoms with Gasteiger partial charge in [-0.2, -0.15) is 4.31 Å². The zero-order valence-electron chi connectivity index (χ0n) is 12.0. The second-order valence-corrected chi connectivity index (χ2v) is 8.00. The van der Waals surface area contributed by atoms with Crippen LogP contribution in [0, 0.1) is 0 Å². The first kappa shape index (κ1) is 13.5. The highest BCUT2D eigenvalue weighted by molar-refractivity contribution is 7.89. The Labute approximate surface area is 124 Å². The molecule has 1 aliphatic carbocycles. The number of hydrogen-bond donors (Lipinski definition) is 0. The number of fused-ring (bicyclic) bond motifs is 1. The molecule has 0 spiro atoms. The van der Waals surface area contributed by atoms with Crippen LogP contribution in [0.5, 0.6) is 5.75 Å². The van der Waals surface area contributed by atoms with Crippen molar-refractivity contribution in [3.05, 3.63) is 23.8 Å². The van der Waals surface area contributed by atoms with E-state index in [2.05, 4.69) is 0 Å². The van der Waals surface area contributed by atoms with Gasteiger partial charge in [-0.05, 0) is 43.5 Å². The monoisotopic (exact) mass is 309 g/mol. The van der Waals surface area contributed by atoms with Crippen LogP contribution < -0.4 is 4.74 Å². The van der Waals surface area contributed by atoms with Crippen molar-refractivity contribution in [2.75, 3.05) is 13.2 Å². The van der Waals surface area contributed by atoms with Gasteiger partial charge in [0.2, 0.25) is 10.0 Å². The van der Waals surface area contributed by atoms with Gasteiger partial charge in [0, 0.05) is 12.5 Å². The molecule has 2 aliphatic heterocycles. The van der Waals surface area contributed by atoms with Gasteiger partial charge < -0.3 is 9.47 Å². The van der Waals surface area contributed by atoms with E-state index in [-0.39, 0.29) is 18.2 Å². The molecular weight excluding hydrogens is 290 g/mol. The predicted octanol–water partition coefficient (Wildman–Crippen LogP) is 1.56. The molecule has 0 N–H and O–H groups in total. The van der Waals surface area contributed by atoms with E-state index in [0.29, 0.717) is 18.1 Å². The molecule has 0 unspecified atom stereocenters. The van der Waals surface area contributed by atoms with Crippen molar-refractivity contribution in [1.82, 2.24) is 4.31 Å². The van der Waals surface area contributed by atoms with Crippen LogP contribution in [0.1, 0.15) is 25.3 Å². The van der Waals surface area contributed by atoms with Crippen molar-refractivity contribution < 1.29 is 17.9 Å². The third kappa shape index (κ3) is 2.25. The average Bonchev–Trinajstić information content (AvgIpc) is 3.13. The molecule has 0 amide bonds. The van der Waals surface area contributed by atoms with Gasteiger partial charge in [-0.15, -0.1) is 0 Å². The second kappa shape index (κ2) is 4.69. The lowest BCUT2D eigenvalue weighted by molar-refractivity contribution is -0.0387. The minimum atomic E-state index is -3.44. The highest BCUT2D eigenvalue weighted by Crippen LogP contribution is 2.37. The Hall–Kier alpha value is -1.11. The maximum Gasteiger partial charge on any atom is 0.243 e. The van der Waals surface area contributed by atoms with E-state index in [1.165, 1.54) is 0 Å². The molecule has 6 heteroatoms. The Morgan fingerprint density at radius 1 is 1.19 bits per heavy atom. The molecule has 1 saturated carbocycles. The summed E-state index contributed by atoms with van der Waals surface area (Å²) in [5, 5.41) is 0. The van der Waals surface area contributed by atoms with Gasteiger partial charge in [-0.1, -0.05) is 0 Å². The standard InChI is InChI=1S/C15H19NO4S/c1-10-6-11-7-14(4-5-15(11)20-10)21(17,18)16(12-2-3-12)13-8-19-9-13/h4-5,7,10,12-13H,2-3,6,8-9H2,1H3/t10-/m0/s1. The highest BCUT2D eigenvalue weighted by Gasteiger charge is 2.45. The summed E-state index contributed by atoms with van der Waals surface area (Å²) in [6.45, 7) is 3.03. The molecule has 21 heavy (non-hydrogen) atoms.